The van der Waals surface area contributed by atoms with Gasteiger partial charge in [-0.05, 0) is 71.1 Å². The lowest BCUT2D eigenvalue weighted by Crippen LogP contribution is -2.40. The lowest BCUT2D eigenvalue weighted by atomic mass is 9.84. The second-order valence-electron chi connectivity index (χ2n) is 8.03. The maximum atomic E-state index is 4.92. The molecule has 1 saturated carbocycles. The molecule has 2 fully saturated rings. The molecule has 0 aromatic carbocycles. The van der Waals surface area contributed by atoms with Crippen molar-refractivity contribution in [1.82, 2.24) is 20.4 Å². The number of guanidine groups is 1. The Morgan fingerprint density at radius 2 is 1.77 bits per heavy atom. The summed E-state index contributed by atoms with van der Waals surface area (Å²) in [6.45, 7) is 13.5. The molecule has 0 unspecified atom stereocenters. The third-order valence-electron chi connectivity index (χ3n) is 6.09. The molecule has 1 aliphatic carbocycles. The number of nitrogens with one attached hydrogen (secondary N) is 2. The highest BCUT2D eigenvalue weighted by molar-refractivity contribution is 14.0. The second-order valence-corrected chi connectivity index (χ2v) is 8.03. The fourth-order valence-corrected chi connectivity index (χ4v) is 4.17. The number of hydrogen-bond donors (Lipinski definition) is 2. The highest BCUT2D eigenvalue weighted by Crippen LogP contribution is 2.41. The van der Waals surface area contributed by atoms with Crippen molar-refractivity contribution in [3.05, 3.63) is 0 Å². The van der Waals surface area contributed by atoms with Crippen molar-refractivity contribution in [2.45, 2.75) is 58.8 Å². The van der Waals surface area contributed by atoms with E-state index in [1.54, 1.807) is 0 Å². The summed E-state index contributed by atoms with van der Waals surface area (Å²) < 4.78 is 0. The highest BCUT2D eigenvalue weighted by atomic mass is 127. The zero-order chi connectivity index (χ0) is 18.0. The molecule has 0 bridgehead atoms. The Bertz CT molecular complexity index is 396. The molecule has 0 radical (unpaired) electrons. The van der Waals surface area contributed by atoms with Crippen molar-refractivity contribution in [3.63, 3.8) is 0 Å². The summed E-state index contributed by atoms with van der Waals surface area (Å²) in [5, 5.41) is 6.97. The standard InChI is InChI=1S/C20H41N5.HI/c1-4-20(10-6-7-11-20)18-23-19(21-5-2)22-12-8-14-25-15-9-13-24(3)16-17-25;/h4-18H2,1-3H3,(H2,21,22,23);1H. The van der Waals surface area contributed by atoms with E-state index in [0.29, 0.717) is 5.41 Å². The minimum absolute atomic E-state index is 0. The van der Waals surface area contributed by atoms with Gasteiger partial charge in [0.15, 0.2) is 5.96 Å². The van der Waals surface area contributed by atoms with Gasteiger partial charge in [-0.15, -0.1) is 24.0 Å². The number of halogens is 1. The number of nitrogens with zero attached hydrogens (tertiary/aromatic N) is 3. The minimum atomic E-state index is 0. The zero-order valence-corrected chi connectivity index (χ0v) is 19.7. The van der Waals surface area contributed by atoms with Crippen LogP contribution in [0.2, 0.25) is 0 Å². The van der Waals surface area contributed by atoms with Crippen LogP contribution in [-0.4, -0.2) is 75.2 Å². The number of hydrogen-bond acceptors (Lipinski definition) is 3. The Kier molecular flexibility index (Phi) is 12.1. The average Bonchev–Trinajstić information content (AvgIpc) is 3.00. The first-order valence-corrected chi connectivity index (χ1v) is 10.6. The van der Waals surface area contributed by atoms with Crippen molar-refractivity contribution >= 4 is 29.9 Å². The van der Waals surface area contributed by atoms with Crippen LogP contribution in [0.5, 0.6) is 0 Å². The highest BCUT2D eigenvalue weighted by Gasteiger charge is 2.31. The van der Waals surface area contributed by atoms with E-state index in [-0.39, 0.29) is 24.0 Å². The molecule has 1 aliphatic heterocycles. The van der Waals surface area contributed by atoms with E-state index < -0.39 is 0 Å². The summed E-state index contributed by atoms with van der Waals surface area (Å²) >= 11 is 0. The molecule has 1 heterocycles. The Labute approximate surface area is 178 Å². The van der Waals surface area contributed by atoms with E-state index in [1.165, 1.54) is 77.7 Å². The molecule has 0 amide bonds. The van der Waals surface area contributed by atoms with Crippen LogP contribution in [0.15, 0.2) is 4.99 Å². The number of likely N-dealkylation sites (N-methyl/N-ethyl adjacent to an activating group) is 1. The van der Waals surface area contributed by atoms with Crippen molar-refractivity contribution in [1.29, 1.82) is 0 Å². The van der Waals surface area contributed by atoms with E-state index in [2.05, 4.69) is 41.3 Å². The lowest BCUT2D eigenvalue weighted by Gasteiger charge is -2.26. The molecular weight excluding hydrogens is 437 g/mol. The van der Waals surface area contributed by atoms with Crippen LogP contribution in [0.25, 0.3) is 0 Å². The van der Waals surface area contributed by atoms with Crippen LogP contribution >= 0.6 is 24.0 Å². The molecule has 26 heavy (non-hydrogen) atoms. The van der Waals surface area contributed by atoms with Crippen LogP contribution < -0.4 is 10.6 Å². The summed E-state index contributed by atoms with van der Waals surface area (Å²) in [6, 6.07) is 0. The summed E-state index contributed by atoms with van der Waals surface area (Å²) in [4.78, 5) is 9.98. The van der Waals surface area contributed by atoms with Gasteiger partial charge in [0, 0.05) is 32.7 Å². The summed E-state index contributed by atoms with van der Waals surface area (Å²) in [7, 11) is 2.23. The Morgan fingerprint density at radius 1 is 1.00 bits per heavy atom. The van der Waals surface area contributed by atoms with Gasteiger partial charge in [0.2, 0.25) is 0 Å². The van der Waals surface area contributed by atoms with Gasteiger partial charge in [-0.25, -0.2) is 0 Å². The van der Waals surface area contributed by atoms with E-state index in [1.807, 2.05) is 0 Å². The minimum Gasteiger partial charge on any atom is -0.357 e. The molecule has 0 atom stereocenters. The normalized spacial score (nSPS) is 21.9. The Hall–Kier alpha value is -0.0800. The van der Waals surface area contributed by atoms with E-state index in [4.69, 9.17) is 4.99 Å². The predicted octanol–water partition coefficient (Wildman–Crippen LogP) is 3.16. The van der Waals surface area contributed by atoms with Gasteiger partial charge in [-0.2, -0.15) is 0 Å². The molecule has 2 N–H and O–H groups in total. The van der Waals surface area contributed by atoms with Crippen LogP contribution in [0.3, 0.4) is 0 Å². The topological polar surface area (TPSA) is 42.9 Å². The maximum absolute atomic E-state index is 4.92. The third-order valence-corrected chi connectivity index (χ3v) is 6.09. The summed E-state index contributed by atoms with van der Waals surface area (Å²) in [5.74, 6) is 1.01. The largest absolute Gasteiger partial charge is 0.357 e. The first kappa shape index (κ1) is 24.0. The molecule has 2 rings (SSSR count). The van der Waals surface area contributed by atoms with Crippen molar-refractivity contribution in [2.24, 2.45) is 10.4 Å². The van der Waals surface area contributed by atoms with E-state index in [9.17, 15) is 0 Å². The van der Waals surface area contributed by atoms with Gasteiger partial charge < -0.3 is 20.4 Å². The average molecular weight is 479 g/mol. The third kappa shape index (κ3) is 8.30. The maximum Gasteiger partial charge on any atom is 0.191 e. The molecule has 6 heteroatoms. The Balaban J connectivity index is 0.00000338. The smallest absolute Gasteiger partial charge is 0.191 e. The molecule has 0 aromatic rings. The fourth-order valence-electron chi connectivity index (χ4n) is 4.17. The predicted molar refractivity (Wildman–Crippen MR) is 124 cm³/mol. The molecule has 0 aromatic heterocycles. The number of rotatable bonds is 8. The van der Waals surface area contributed by atoms with Gasteiger partial charge in [0.05, 0.1) is 0 Å². The second kappa shape index (κ2) is 13.2. The SMILES string of the molecule is CCNC(=NCC1(CC)CCCC1)NCCCN1CCCN(C)CC1.I. The van der Waals surface area contributed by atoms with Crippen LogP contribution in [-0.2, 0) is 0 Å². The van der Waals surface area contributed by atoms with Crippen molar-refractivity contribution < 1.29 is 0 Å². The summed E-state index contributed by atoms with van der Waals surface area (Å²) in [5.41, 5.74) is 0.473. The van der Waals surface area contributed by atoms with E-state index >= 15 is 0 Å². The zero-order valence-electron chi connectivity index (χ0n) is 17.4. The molecule has 1 saturated heterocycles. The lowest BCUT2D eigenvalue weighted by molar-refractivity contribution is 0.273. The molecule has 5 nitrogen and oxygen atoms in total. The van der Waals surface area contributed by atoms with Gasteiger partial charge in [0.25, 0.3) is 0 Å². The molecular formula is C20H42IN5. The van der Waals surface area contributed by atoms with Gasteiger partial charge in [-0.1, -0.05) is 19.8 Å². The van der Waals surface area contributed by atoms with Gasteiger partial charge in [-0.3, -0.25) is 4.99 Å². The molecule has 2 aliphatic rings. The fraction of sp³-hybridized carbons (Fsp3) is 0.950. The van der Waals surface area contributed by atoms with Gasteiger partial charge >= 0.3 is 0 Å². The van der Waals surface area contributed by atoms with E-state index in [0.717, 1.165) is 25.6 Å². The van der Waals surface area contributed by atoms with Crippen LogP contribution in [0.4, 0.5) is 0 Å². The monoisotopic (exact) mass is 479 g/mol. The first-order valence-electron chi connectivity index (χ1n) is 10.6. The quantitative estimate of drug-likeness (QED) is 0.243. The Morgan fingerprint density at radius 3 is 2.46 bits per heavy atom. The van der Waals surface area contributed by atoms with Crippen LogP contribution in [0.1, 0.15) is 58.8 Å². The van der Waals surface area contributed by atoms with Crippen LogP contribution in [0, 0.1) is 5.41 Å². The van der Waals surface area contributed by atoms with Crippen molar-refractivity contribution in [3.8, 4) is 0 Å². The molecule has 0 spiro atoms. The summed E-state index contributed by atoms with van der Waals surface area (Å²) in [6.07, 6.45) is 9.24. The van der Waals surface area contributed by atoms with Crippen molar-refractivity contribution in [2.75, 3.05) is 59.4 Å². The van der Waals surface area contributed by atoms with Gasteiger partial charge in [0.1, 0.15) is 0 Å². The first-order chi connectivity index (χ1) is 12.2. The number of aliphatic imine (C=N–C) groups is 1. The molecule has 154 valence electrons.